The number of hydrogen-bond acceptors (Lipinski definition) is 10. The first kappa shape index (κ1) is 42.3. The molecule has 54 heavy (non-hydrogen) atoms. The molecule has 3 heterocycles. The first-order chi connectivity index (χ1) is 25.0. The molecule has 292 valence electrons. The van der Waals surface area contributed by atoms with E-state index in [0.717, 1.165) is 55.2 Å². The number of aliphatic hydroxyl groups is 1. The van der Waals surface area contributed by atoms with Gasteiger partial charge in [0, 0.05) is 32.6 Å². The lowest BCUT2D eigenvalue weighted by Crippen LogP contribution is -2.44. The van der Waals surface area contributed by atoms with E-state index >= 15 is 0 Å². The van der Waals surface area contributed by atoms with Crippen molar-refractivity contribution in [2.24, 2.45) is 0 Å². The van der Waals surface area contributed by atoms with Crippen molar-refractivity contribution in [2.45, 2.75) is 76.0 Å². The van der Waals surface area contributed by atoms with E-state index in [0.29, 0.717) is 34.4 Å². The minimum absolute atomic E-state index is 0. The molecule has 1 aliphatic rings. The van der Waals surface area contributed by atoms with Crippen molar-refractivity contribution in [3.05, 3.63) is 103 Å². The Morgan fingerprint density at radius 1 is 1.04 bits per heavy atom. The number of imidazole rings is 1. The minimum Gasteiger partial charge on any atom is -0.506 e. The zero-order chi connectivity index (χ0) is 36.8. The molecule has 0 aliphatic heterocycles. The second kappa shape index (κ2) is 18.7. The number of aliphatic carboxylic acids is 1. The number of phenols is 1. The maximum Gasteiger partial charge on any atom is 0.347 e. The van der Waals surface area contributed by atoms with E-state index in [4.69, 9.17) is 4.74 Å². The number of phenolic OH excluding ortho intramolecular Hbond substituents is 1. The average molecular weight is 788 g/mol. The van der Waals surface area contributed by atoms with Gasteiger partial charge in [-0.15, -0.1) is 22.7 Å². The van der Waals surface area contributed by atoms with Crippen molar-refractivity contribution in [2.75, 3.05) is 25.5 Å². The van der Waals surface area contributed by atoms with E-state index in [1.54, 1.807) is 16.7 Å². The fourth-order valence-electron chi connectivity index (χ4n) is 7.04. The number of hydrogen-bond donors (Lipinski definition) is 6. The van der Waals surface area contributed by atoms with Crippen molar-refractivity contribution in [3.8, 4) is 5.75 Å². The summed E-state index contributed by atoms with van der Waals surface area (Å²) < 4.78 is 8.32. The zero-order valence-electron chi connectivity index (χ0n) is 30.0. The lowest BCUT2D eigenvalue weighted by atomic mass is 9.90. The number of halogens is 2. The molecule has 1 aliphatic carbocycles. The van der Waals surface area contributed by atoms with E-state index in [1.807, 2.05) is 53.2 Å². The molecule has 1 saturated carbocycles. The number of carbonyl (C=O) groups excluding carboxylic acids is 1. The Balaban J connectivity index is 0.00000325. The number of carboxylic acids is 1. The van der Waals surface area contributed by atoms with Crippen LogP contribution in [0.15, 0.2) is 76.2 Å². The number of fused-ring (bicyclic) bond motifs is 1. The van der Waals surface area contributed by atoms with Crippen LogP contribution in [0.5, 0.6) is 5.75 Å². The number of amides is 1. The molecule has 0 saturated heterocycles. The highest BCUT2D eigenvalue weighted by Gasteiger charge is 2.48. The molecule has 6 rings (SSSR count). The second-order valence-electron chi connectivity index (χ2n) is 13.4. The summed E-state index contributed by atoms with van der Waals surface area (Å²) in [5, 5.41) is 40.6. The first-order valence-corrected chi connectivity index (χ1v) is 19.2. The number of aryl methyl sites for hydroxylation is 1. The summed E-state index contributed by atoms with van der Waals surface area (Å²) in [6, 6.07) is 18.2. The van der Waals surface area contributed by atoms with Gasteiger partial charge in [-0.05, 0) is 104 Å². The molecule has 6 N–H and O–H groups in total. The highest BCUT2D eigenvalue weighted by atomic mass is 32.1. The van der Waals surface area contributed by atoms with Crippen LogP contribution < -0.4 is 16.3 Å². The number of anilines is 1. The molecule has 12 nitrogen and oxygen atoms in total. The van der Waals surface area contributed by atoms with Crippen LogP contribution in [0.2, 0.25) is 0 Å². The molecule has 0 bridgehead atoms. The van der Waals surface area contributed by atoms with Crippen LogP contribution in [-0.2, 0) is 33.0 Å². The van der Waals surface area contributed by atoms with E-state index in [2.05, 4.69) is 27.6 Å². The van der Waals surface area contributed by atoms with Crippen LogP contribution in [-0.4, -0.2) is 73.9 Å². The quantitative estimate of drug-likeness (QED) is 0.0665. The number of benzene rings is 2. The monoisotopic (exact) mass is 787 g/mol. The van der Waals surface area contributed by atoms with E-state index < -0.39 is 17.7 Å². The van der Waals surface area contributed by atoms with Gasteiger partial charge in [0.2, 0.25) is 11.5 Å². The van der Waals surface area contributed by atoms with Gasteiger partial charge in [0.05, 0.1) is 38.7 Å². The van der Waals surface area contributed by atoms with Crippen molar-refractivity contribution >= 4 is 51.3 Å². The highest BCUT2D eigenvalue weighted by molar-refractivity contribution is 7.12. The van der Waals surface area contributed by atoms with Gasteiger partial charge >= 0.3 is 11.7 Å². The summed E-state index contributed by atoms with van der Waals surface area (Å²) in [6.07, 6.45) is 3.12. The average Bonchev–Trinajstić information content (AvgIpc) is 3.91. The van der Waals surface area contributed by atoms with E-state index in [-0.39, 0.29) is 45.1 Å². The topological polar surface area (TPSA) is 169 Å². The Morgan fingerprint density at radius 3 is 2.33 bits per heavy atom. The van der Waals surface area contributed by atoms with Gasteiger partial charge in [-0.1, -0.05) is 24.3 Å². The van der Waals surface area contributed by atoms with Gasteiger partial charge < -0.3 is 40.6 Å². The summed E-state index contributed by atoms with van der Waals surface area (Å²) in [5.74, 6) is -1.38. The molecule has 3 aromatic heterocycles. The number of nitrogens with zero attached hydrogens (tertiary/aromatic N) is 2. The van der Waals surface area contributed by atoms with Crippen LogP contribution >= 0.6 is 22.7 Å². The predicted octanol–water partition coefficient (Wildman–Crippen LogP) is 5.92. The minimum atomic E-state index is -1.49. The lowest BCUT2D eigenvalue weighted by Gasteiger charge is -2.38. The SMILES string of the molecule is CC(=O)Nc1cc([C@@H](O)CNCc2ccc3c(c2)[nH]c(=O)n3CCCN(C)[C@H]2CC[C@H](OC(C(=O)O)(c3cccs3)c3cccs3)CC2)ccc1O.F.F. The van der Waals surface area contributed by atoms with E-state index in [9.17, 15) is 29.7 Å². The van der Waals surface area contributed by atoms with Gasteiger partial charge in [-0.2, -0.15) is 0 Å². The predicted molar refractivity (Wildman–Crippen MR) is 208 cm³/mol. The molecule has 1 amide bonds. The molecule has 1 atom stereocenters. The number of aromatic hydroxyl groups is 1. The van der Waals surface area contributed by atoms with Gasteiger partial charge in [-0.3, -0.25) is 18.8 Å². The molecule has 2 aromatic carbocycles. The fraction of sp³-hybridized carbons (Fsp3) is 0.395. The third-order valence-electron chi connectivity index (χ3n) is 9.76. The third kappa shape index (κ3) is 9.43. The van der Waals surface area contributed by atoms with Crippen molar-refractivity contribution in [1.29, 1.82) is 0 Å². The molecular formula is C38H47F2N5O7S2. The number of carboxylic acid groups (broad SMARTS) is 1. The molecule has 1 fully saturated rings. The molecule has 5 aromatic rings. The van der Waals surface area contributed by atoms with Crippen LogP contribution in [0.25, 0.3) is 11.0 Å². The number of thiophene rings is 2. The Labute approximate surface area is 319 Å². The Hall–Kier alpha value is -4.45. The Bertz CT molecular complexity index is 1990. The summed E-state index contributed by atoms with van der Waals surface area (Å²) in [5.41, 5.74) is 1.68. The van der Waals surface area contributed by atoms with Gasteiger partial charge in [0.25, 0.3) is 0 Å². The smallest absolute Gasteiger partial charge is 0.347 e. The molecular weight excluding hydrogens is 741 g/mol. The molecule has 0 radical (unpaired) electrons. The summed E-state index contributed by atoms with van der Waals surface area (Å²) in [6.45, 7) is 3.45. The van der Waals surface area contributed by atoms with Crippen LogP contribution in [0.4, 0.5) is 15.1 Å². The number of aliphatic hydroxyl groups excluding tert-OH is 1. The lowest BCUT2D eigenvalue weighted by molar-refractivity contribution is -0.170. The fourth-order valence-corrected chi connectivity index (χ4v) is 8.84. The number of carbonyl (C=O) groups is 2. The van der Waals surface area contributed by atoms with Crippen molar-refractivity contribution in [1.82, 2.24) is 19.8 Å². The van der Waals surface area contributed by atoms with Crippen LogP contribution in [0.1, 0.15) is 66.0 Å². The maximum atomic E-state index is 12.9. The Morgan fingerprint density at radius 2 is 1.72 bits per heavy atom. The molecule has 0 unspecified atom stereocenters. The summed E-state index contributed by atoms with van der Waals surface area (Å²) in [7, 11) is 2.11. The van der Waals surface area contributed by atoms with Crippen LogP contribution in [0, 0.1) is 0 Å². The van der Waals surface area contributed by atoms with Crippen molar-refractivity contribution in [3.63, 3.8) is 0 Å². The number of nitrogens with one attached hydrogen (secondary N) is 3. The van der Waals surface area contributed by atoms with E-state index in [1.165, 1.54) is 35.7 Å². The van der Waals surface area contributed by atoms with Crippen molar-refractivity contribution < 1.29 is 39.1 Å². The summed E-state index contributed by atoms with van der Waals surface area (Å²) in [4.78, 5) is 43.8. The maximum absolute atomic E-state index is 12.9. The third-order valence-corrected chi connectivity index (χ3v) is 11.7. The number of ether oxygens (including phenoxy) is 1. The number of aromatic amines is 1. The zero-order valence-corrected chi connectivity index (χ0v) is 31.7. The van der Waals surface area contributed by atoms with Gasteiger partial charge in [-0.25, -0.2) is 9.59 Å². The first-order valence-electron chi connectivity index (χ1n) is 17.4. The number of aromatic nitrogens is 2. The number of H-pyrrole nitrogens is 1. The number of rotatable bonds is 16. The second-order valence-corrected chi connectivity index (χ2v) is 15.3. The highest BCUT2D eigenvalue weighted by Crippen LogP contribution is 2.42. The molecule has 0 spiro atoms. The largest absolute Gasteiger partial charge is 0.506 e. The normalized spacial score (nSPS) is 16.4. The van der Waals surface area contributed by atoms with Crippen LogP contribution in [0.3, 0.4) is 0 Å². The van der Waals surface area contributed by atoms with Gasteiger partial charge in [0.1, 0.15) is 5.75 Å². The molecule has 16 heteroatoms. The summed E-state index contributed by atoms with van der Waals surface area (Å²) >= 11 is 2.81. The van der Waals surface area contributed by atoms with Gasteiger partial charge in [0.15, 0.2) is 0 Å². The standard InChI is InChI=1S/C38H45N5O7S2.2FH/c1-24(44)40-30-21-26(9-15-32(30)45)33(46)23-39-22-25-8-14-31-29(20-25)41-37(49)43(31)17-5-16-42(2)27-10-12-28(13-11-27)50-38(36(47)48,34-6-3-18-51-34)35-7-4-19-52-35;;/h3-4,6-9,14-15,18-21,27-28,33,39,45-46H,5,10-13,16-17,22-23H2,1-2H3,(H,40,44)(H,41,49)(H,47,48);2*1H/t27-,28-,33-;;/m0../s1. The Kier molecular flexibility index (Phi) is 14.7.